The largest absolute Gasteiger partial charge is 0.354 e. The molecule has 1 saturated heterocycles. The van der Waals surface area contributed by atoms with Crippen molar-refractivity contribution in [2.75, 3.05) is 19.6 Å². The van der Waals surface area contributed by atoms with E-state index in [0.717, 1.165) is 17.6 Å². The Morgan fingerprint density at radius 2 is 2.06 bits per heavy atom. The normalized spacial score (nSPS) is 19.2. The third-order valence-corrected chi connectivity index (χ3v) is 3.50. The minimum absolute atomic E-state index is 0.121. The summed E-state index contributed by atoms with van der Waals surface area (Å²) < 4.78 is 1.08. The molecule has 0 bridgehead atoms. The molecular formula is C12H15BrN2O. The van der Waals surface area contributed by atoms with Gasteiger partial charge in [-0.25, -0.2) is 0 Å². The Kier molecular flexibility index (Phi) is 3.61. The maximum Gasteiger partial charge on any atom is 0.234 e. The molecule has 0 spiro atoms. The van der Waals surface area contributed by atoms with Crippen molar-refractivity contribution < 1.29 is 4.79 Å². The van der Waals surface area contributed by atoms with Gasteiger partial charge in [-0.05, 0) is 24.6 Å². The van der Waals surface area contributed by atoms with Crippen molar-refractivity contribution in [2.24, 2.45) is 0 Å². The summed E-state index contributed by atoms with van der Waals surface area (Å²) in [6, 6.07) is 8.56. The Hall–Kier alpha value is -0.870. The van der Waals surface area contributed by atoms with E-state index >= 15 is 0 Å². The van der Waals surface area contributed by atoms with Crippen LogP contribution in [0.3, 0.4) is 0 Å². The van der Waals surface area contributed by atoms with Gasteiger partial charge in [-0.3, -0.25) is 9.69 Å². The van der Waals surface area contributed by atoms with Crippen molar-refractivity contribution in [2.45, 2.75) is 13.0 Å². The molecule has 1 heterocycles. The lowest BCUT2D eigenvalue weighted by atomic mass is 10.1. The monoisotopic (exact) mass is 282 g/mol. The highest BCUT2D eigenvalue weighted by Crippen LogP contribution is 2.22. The minimum Gasteiger partial charge on any atom is -0.354 e. The first-order valence-corrected chi connectivity index (χ1v) is 6.22. The SMILES string of the molecule is CC(c1ccc(Br)cc1)N1CCNC(=O)C1. The Morgan fingerprint density at radius 3 is 2.69 bits per heavy atom. The number of nitrogens with one attached hydrogen (secondary N) is 1. The molecule has 0 radical (unpaired) electrons. The minimum atomic E-state index is 0.121. The molecular weight excluding hydrogens is 268 g/mol. The van der Waals surface area contributed by atoms with Crippen molar-refractivity contribution in [1.82, 2.24) is 10.2 Å². The van der Waals surface area contributed by atoms with Gasteiger partial charge < -0.3 is 5.32 Å². The summed E-state index contributed by atoms with van der Waals surface area (Å²) in [6.45, 7) is 4.31. The molecule has 86 valence electrons. The summed E-state index contributed by atoms with van der Waals surface area (Å²) in [7, 11) is 0. The van der Waals surface area contributed by atoms with Crippen LogP contribution in [0, 0.1) is 0 Å². The van der Waals surface area contributed by atoms with E-state index in [-0.39, 0.29) is 5.91 Å². The molecule has 1 aromatic carbocycles. The van der Waals surface area contributed by atoms with Gasteiger partial charge in [0.15, 0.2) is 0 Å². The fourth-order valence-corrected chi connectivity index (χ4v) is 2.21. The second-order valence-corrected chi connectivity index (χ2v) is 4.96. The molecule has 1 fully saturated rings. The van der Waals surface area contributed by atoms with Crippen LogP contribution in [0.25, 0.3) is 0 Å². The van der Waals surface area contributed by atoms with E-state index in [9.17, 15) is 4.79 Å². The number of carbonyl (C=O) groups excluding carboxylic acids is 1. The van der Waals surface area contributed by atoms with Crippen molar-refractivity contribution >= 4 is 21.8 Å². The lowest BCUT2D eigenvalue weighted by Crippen LogP contribution is -2.48. The van der Waals surface area contributed by atoms with Gasteiger partial charge in [0.05, 0.1) is 6.54 Å². The van der Waals surface area contributed by atoms with E-state index in [4.69, 9.17) is 0 Å². The summed E-state index contributed by atoms with van der Waals surface area (Å²) in [5.41, 5.74) is 1.25. The average molecular weight is 283 g/mol. The smallest absolute Gasteiger partial charge is 0.234 e. The number of hydrogen-bond donors (Lipinski definition) is 1. The molecule has 1 aliphatic heterocycles. The van der Waals surface area contributed by atoms with Crippen LogP contribution < -0.4 is 5.32 Å². The van der Waals surface area contributed by atoms with Crippen LogP contribution in [0.4, 0.5) is 0 Å². The summed E-state index contributed by atoms with van der Waals surface area (Å²) in [5, 5.41) is 2.84. The van der Waals surface area contributed by atoms with Gasteiger partial charge in [-0.1, -0.05) is 28.1 Å². The molecule has 1 N–H and O–H groups in total. The summed E-state index contributed by atoms with van der Waals surface area (Å²) in [4.78, 5) is 13.5. The molecule has 3 nitrogen and oxygen atoms in total. The zero-order valence-electron chi connectivity index (χ0n) is 9.24. The van der Waals surface area contributed by atoms with E-state index in [1.165, 1.54) is 5.56 Å². The fraction of sp³-hybridized carbons (Fsp3) is 0.417. The van der Waals surface area contributed by atoms with Crippen LogP contribution in [-0.2, 0) is 4.79 Å². The molecule has 1 amide bonds. The van der Waals surface area contributed by atoms with E-state index in [1.54, 1.807) is 0 Å². The summed E-state index contributed by atoms with van der Waals surface area (Å²) >= 11 is 3.42. The lowest BCUT2D eigenvalue weighted by Gasteiger charge is -2.32. The van der Waals surface area contributed by atoms with E-state index < -0.39 is 0 Å². The van der Waals surface area contributed by atoms with Gasteiger partial charge >= 0.3 is 0 Å². The maximum absolute atomic E-state index is 11.3. The number of amides is 1. The second kappa shape index (κ2) is 4.97. The molecule has 2 rings (SSSR count). The zero-order chi connectivity index (χ0) is 11.5. The van der Waals surface area contributed by atoms with Gasteiger partial charge in [0, 0.05) is 23.6 Å². The molecule has 1 unspecified atom stereocenters. The average Bonchev–Trinajstić information content (AvgIpc) is 2.29. The lowest BCUT2D eigenvalue weighted by molar-refractivity contribution is -0.124. The quantitative estimate of drug-likeness (QED) is 0.899. The fourth-order valence-electron chi connectivity index (χ4n) is 1.94. The number of piperazine rings is 1. The van der Waals surface area contributed by atoms with Crippen LogP contribution in [0.1, 0.15) is 18.5 Å². The van der Waals surface area contributed by atoms with Gasteiger partial charge in [0.2, 0.25) is 5.91 Å². The third kappa shape index (κ3) is 2.62. The van der Waals surface area contributed by atoms with E-state index in [2.05, 4.69) is 45.2 Å². The molecule has 16 heavy (non-hydrogen) atoms. The number of nitrogens with zero attached hydrogens (tertiary/aromatic N) is 1. The predicted octanol–water partition coefficient (Wildman–Crippen LogP) is 1.94. The molecule has 0 saturated carbocycles. The molecule has 4 heteroatoms. The van der Waals surface area contributed by atoms with Gasteiger partial charge in [-0.15, -0.1) is 0 Å². The van der Waals surface area contributed by atoms with Crippen LogP contribution >= 0.6 is 15.9 Å². The van der Waals surface area contributed by atoms with Crippen LogP contribution in [0.5, 0.6) is 0 Å². The topological polar surface area (TPSA) is 32.3 Å². The number of carbonyl (C=O) groups is 1. The molecule has 0 aromatic heterocycles. The van der Waals surface area contributed by atoms with Crippen molar-refractivity contribution in [1.29, 1.82) is 0 Å². The standard InChI is InChI=1S/C12H15BrN2O/c1-9(10-2-4-11(13)5-3-10)15-7-6-14-12(16)8-15/h2-5,9H,6-8H2,1H3,(H,14,16). The second-order valence-electron chi connectivity index (χ2n) is 4.05. The highest BCUT2D eigenvalue weighted by molar-refractivity contribution is 9.10. The molecule has 1 aromatic rings. The molecule has 1 atom stereocenters. The van der Waals surface area contributed by atoms with Gasteiger partial charge in [0.25, 0.3) is 0 Å². The Labute approximate surface area is 104 Å². The predicted molar refractivity (Wildman–Crippen MR) is 67.1 cm³/mol. The Morgan fingerprint density at radius 1 is 1.38 bits per heavy atom. The van der Waals surface area contributed by atoms with Crippen molar-refractivity contribution in [3.8, 4) is 0 Å². The Balaban J connectivity index is 2.08. The van der Waals surface area contributed by atoms with Gasteiger partial charge in [0.1, 0.15) is 0 Å². The van der Waals surface area contributed by atoms with Crippen LogP contribution in [-0.4, -0.2) is 30.4 Å². The summed E-state index contributed by atoms with van der Waals surface area (Å²) in [5.74, 6) is 0.121. The summed E-state index contributed by atoms with van der Waals surface area (Å²) in [6.07, 6.45) is 0. The number of hydrogen-bond acceptors (Lipinski definition) is 2. The van der Waals surface area contributed by atoms with Crippen LogP contribution in [0.2, 0.25) is 0 Å². The van der Waals surface area contributed by atoms with Crippen molar-refractivity contribution in [3.05, 3.63) is 34.3 Å². The van der Waals surface area contributed by atoms with E-state index in [0.29, 0.717) is 12.6 Å². The first kappa shape index (κ1) is 11.6. The number of halogens is 1. The zero-order valence-corrected chi connectivity index (χ0v) is 10.8. The first-order chi connectivity index (χ1) is 7.66. The highest BCUT2D eigenvalue weighted by atomic mass is 79.9. The highest BCUT2D eigenvalue weighted by Gasteiger charge is 2.21. The van der Waals surface area contributed by atoms with Crippen LogP contribution in [0.15, 0.2) is 28.7 Å². The Bertz CT molecular complexity index is 377. The van der Waals surface area contributed by atoms with Crippen molar-refractivity contribution in [3.63, 3.8) is 0 Å². The maximum atomic E-state index is 11.3. The molecule has 1 aliphatic rings. The number of benzene rings is 1. The third-order valence-electron chi connectivity index (χ3n) is 2.97. The first-order valence-electron chi connectivity index (χ1n) is 5.43. The van der Waals surface area contributed by atoms with E-state index in [1.807, 2.05) is 12.1 Å². The van der Waals surface area contributed by atoms with Gasteiger partial charge in [-0.2, -0.15) is 0 Å². The molecule has 0 aliphatic carbocycles. The number of rotatable bonds is 2.